The van der Waals surface area contributed by atoms with E-state index in [2.05, 4.69) is 33.9 Å². The molecule has 1 aromatic heterocycles. The van der Waals surface area contributed by atoms with Crippen molar-refractivity contribution in [2.75, 3.05) is 19.6 Å². The summed E-state index contributed by atoms with van der Waals surface area (Å²) >= 11 is 1.70. The Kier molecular flexibility index (Phi) is 6.10. The molecule has 2 fully saturated rings. The monoisotopic (exact) mass is 396 g/mol. The highest BCUT2D eigenvalue weighted by Crippen LogP contribution is 2.35. The SMILES string of the molecule is O=C(CCc1ccccc1)N1CCC(C(=O)N2CCCC2c2ccsc2)CC1. The van der Waals surface area contributed by atoms with Gasteiger partial charge in [0.2, 0.25) is 11.8 Å². The van der Waals surface area contributed by atoms with Gasteiger partial charge in [-0.05, 0) is 60.1 Å². The number of amides is 2. The van der Waals surface area contributed by atoms with Crippen LogP contribution in [0.3, 0.4) is 0 Å². The first-order valence-electron chi connectivity index (χ1n) is 10.4. The number of hydrogen-bond donors (Lipinski definition) is 0. The molecule has 1 atom stereocenters. The lowest BCUT2D eigenvalue weighted by Gasteiger charge is -2.35. The van der Waals surface area contributed by atoms with Crippen LogP contribution in [0.4, 0.5) is 0 Å². The second-order valence-electron chi connectivity index (χ2n) is 7.89. The van der Waals surface area contributed by atoms with Crippen LogP contribution in [0.25, 0.3) is 0 Å². The number of thiophene rings is 1. The van der Waals surface area contributed by atoms with Crippen LogP contribution < -0.4 is 0 Å². The summed E-state index contributed by atoms with van der Waals surface area (Å²) in [4.78, 5) is 29.7. The van der Waals surface area contributed by atoms with Gasteiger partial charge in [-0.25, -0.2) is 0 Å². The zero-order valence-corrected chi connectivity index (χ0v) is 17.1. The van der Waals surface area contributed by atoms with Crippen molar-refractivity contribution < 1.29 is 9.59 Å². The number of carbonyl (C=O) groups is 2. The van der Waals surface area contributed by atoms with Crippen LogP contribution in [0.15, 0.2) is 47.2 Å². The van der Waals surface area contributed by atoms with E-state index in [1.807, 2.05) is 23.1 Å². The van der Waals surface area contributed by atoms with Crippen molar-refractivity contribution >= 4 is 23.2 Å². The minimum atomic E-state index is 0.0670. The van der Waals surface area contributed by atoms with Crippen molar-refractivity contribution in [3.8, 4) is 0 Å². The van der Waals surface area contributed by atoms with Crippen LogP contribution in [-0.2, 0) is 16.0 Å². The fourth-order valence-electron chi connectivity index (χ4n) is 4.51. The van der Waals surface area contributed by atoms with Crippen molar-refractivity contribution in [3.05, 3.63) is 58.3 Å². The van der Waals surface area contributed by atoms with Gasteiger partial charge in [-0.15, -0.1) is 0 Å². The molecule has 4 rings (SSSR count). The molecular formula is C23H28N2O2S. The van der Waals surface area contributed by atoms with Crippen LogP contribution >= 0.6 is 11.3 Å². The van der Waals surface area contributed by atoms with Gasteiger partial charge in [-0.2, -0.15) is 11.3 Å². The number of hydrogen-bond acceptors (Lipinski definition) is 3. The summed E-state index contributed by atoms with van der Waals surface area (Å²) in [5.41, 5.74) is 2.48. The smallest absolute Gasteiger partial charge is 0.226 e. The first-order chi connectivity index (χ1) is 13.7. The summed E-state index contributed by atoms with van der Waals surface area (Å²) in [6.45, 7) is 2.29. The molecular weight excluding hydrogens is 368 g/mol. The molecule has 2 aliphatic heterocycles. The third kappa shape index (κ3) is 4.30. The number of benzene rings is 1. The van der Waals surface area contributed by atoms with E-state index in [-0.39, 0.29) is 17.9 Å². The topological polar surface area (TPSA) is 40.6 Å². The Balaban J connectivity index is 1.27. The maximum atomic E-state index is 13.1. The molecule has 1 aromatic carbocycles. The molecule has 2 aromatic rings. The molecule has 2 amide bonds. The Hall–Kier alpha value is -2.14. The Labute approximate surface area is 171 Å². The van der Waals surface area contributed by atoms with E-state index >= 15 is 0 Å². The lowest BCUT2D eigenvalue weighted by atomic mass is 9.94. The van der Waals surface area contributed by atoms with Crippen molar-refractivity contribution in [1.82, 2.24) is 9.80 Å². The number of aryl methyl sites for hydroxylation is 1. The molecule has 0 radical (unpaired) electrons. The largest absolute Gasteiger partial charge is 0.343 e. The van der Waals surface area contributed by atoms with Gasteiger partial charge < -0.3 is 9.80 Å². The summed E-state index contributed by atoms with van der Waals surface area (Å²) in [6.07, 6.45) is 5.08. The highest BCUT2D eigenvalue weighted by Gasteiger charge is 2.36. The van der Waals surface area contributed by atoms with E-state index in [9.17, 15) is 9.59 Å². The molecule has 3 heterocycles. The van der Waals surface area contributed by atoms with Crippen LogP contribution in [0.1, 0.15) is 49.3 Å². The minimum Gasteiger partial charge on any atom is -0.343 e. The number of rotatable bonds is 5. The minimum absolute atomic E-state index is 0.0670. The molecule has 148 valence electrons. The van der Waals surface area contributed by atoms with Crippen molar-refractivity contribution in [2.45, 2.75) is 44.6 Å². The molecule has 0 aliphatic carbocycles. The second-order valence-corrected chi connectivity index (χ2v) is 8.67. The van der Waals surface area contributed by atoms with E-state index in [0.717, 1.165) is 38.6 Å². The van der Waals surface area contributed by atoms with Crippen molar-refractivity contribution in [2.24, 2.45) is 5.92 Å². The first-order valence-corrected chi connectivity index (χ1v) is 11.3. The predicted octanol–water partition coefficient (Wildman–Crippen LogP) is 4.28. The van der Waals surface area contributed by atoms with Gasteiger partial charge in [0, 0.05) is 32.0 Å². The molecule has 2 aliphatic rings. The fourth-order valence-corrected chi connectivity index (χ4v) is 5.21. The second kappa shape index (κ2) is 8.91. The summed E-state index contributed by atoms with van der Waals surface area (Å²) in [6, 6.07) is 12.6. The normalized spacial score (nSPS) is 20.5. The third-order valence-corrected chi connectivity index (χ3v) is 6.83. The highest BCUT2D eigenvalue weighted by molar-refractivity contribution is 7.08. The zero-order chi connectivity index (χ0) is 19.3. The molecule has 0 spiro atoms. The summed E-state index contributed by atoms with van der Waals surface area (Å²) in [5, 5.41) is 4.26. The fraction of sp³-hybridized carbons (Fsp3) is 0.478. The van der Waals surface area contributed by atoms with Crippen molar-refractivity contribution in [3.63, 3.8) is 0 Å². The third-order valence-electron chi connectivity index (χ3n) is 6.13. The van der Waals surface area contributed by atoms with Gasteiger partial charge in [0.1, 0.15) is 0 Å². The van der Waals surface area contributed by atoms with Gasteiger partial charge in [-0.3, -0.25) is 9.59 Å². The Morgan fingerprint density at radius 2 is 1.79 bits per heavy atom. The molecule has 0 N–H and O–H groups in total. The summed E-state index contributed by atoms with van der Waals surface area (Å²) < 4.78 is 0. The first kappa shape index (κ1) is 19.2. The van der Waals surface area contributed by atoms with E-state index in [1.54, 1.807) is 11.3 Å². The van der Waals surface area contributed by atoms with Gasteiger partial charge in [-0.1, -0.05) is 30.3 Å². The Bertz CT molecular complexity index is 782. The number of nitrogens with zero attached hydrogens (tertiary/aromatic N) is 2. The van der Waals surface area contributed by atoms with Crippen LogP contribution in [0.2, 0.25) is 0 Å². The molecule has 0 saturated carbocycles. The maximum absolute atomic E-state index is 13.1. The number of carbonyl (C=O) groups excluding carboxylic acids is 2. The Morgan fingerprint density at radius 3 is 2.50 bits per heavy atom. The van der Waals surface area contributed by atoms with Crippen LogP contribution in [0, 0.1) is 5.92 Å². The average molecular weight is 397 g/mol. The van der Waals surface area contributed by atoms with Gasteiger partial charge in [0.05, 0.1) is 6.04 Å². The van der Waals surface area contributed by atoms with Gasteiger partial charge in [0.25, 0.3) is 0 Å². The molecule has 2 saturated heterocycles. The van der Waals surface area contributed by atoms with Crippen molar-refractivity contribution in [1.29, 1.82) is 0 Å². The Morgan fingerprint density at radius 1 is 1.00 bits per heavy atom. The number of likely N-dealkylation sites (tertiary alicyclic amines) is 2. The number of piperidine rings is 1. The van der Waals surface area contributed by atoms with Gasteiger partial charge in [0.15, 0.2) is 0 Å². The lowest BCUT2D eigenvalue weighted by molar-refractivity contribution is -0.141. The highest BCUT2D eigenvalue weighted by atomic mass is 32.1. The molecule has 1 unspecified atom stereocenters. The van der Waals surface area contributed by atoms with E-state index in [4.69, 9.17) is 0 Å². The lowest BCUT2D eigenvalue weighted by Crippen LogP contribution is -2.44. The quantitative estimate of drug-likeness (QED) is 0.757. The standard InChI is InChI=1S/C23H28N2O2S/c26-22(9-8-18-5-2-1-3-6-18)24-14-10-19(11-15-24)23(27)25-13-4-7-21(25)20-12-16-28-17-20/h1-3,5-6,12,16-17,19,21H,4,7-11,13-15H2. The molecule has 5 heteroatoms. The maximum Gasteiger partial charge on any atom is 0.226 e. The molecule has 4 nitrogen and oxygen atoms in total. The van der Waals surface area contributed by atoms with Gasteiger partial charge >= 0.3 is 0 Å². The van der Waals surface area contributed by atoms with E-state index in [0.29, 0.717) is 25.4 Å². The van der Waals surface area contributed by atoms with Crippen LogP contribution in [0.5, 0.6) is 0 Å². The summed E-state index contributed by atoms with van der Waals surface area (Å²) in [7, 11) is 0. The average Bonchev–Trinajstić information content (AvgIpc) is 3.44. The van der Waals surface area contributed by atoms with Crippen LogP contribution in [-0.4, -0.2) is 41.2 Å². The predicted molar refractivity (Wildman–Crippen MR) is 112 cm³/mol. The van der Waals surface area contributed by atoms with E-state index < -0.39 is 0 Å². The summed E-state index contributed by atoms with van der Waals surface area (Å²) in [5.74, 6) is 0.578. The van der Waals surface area contributed by atoms with E-state index in [1.165, 1.54) is 11.1 Å². The molecule has 0 bridgehead atoms. The molecule has 28 heavy (non-hydrogen) atoms. The zero-order valence-electron chi connectivity index (χ0n) is 16.3.